The Hall–Kier alpha value is -1.84. The molecule has 0 aromatic heterocycles. The molecule has 0 heterocycles. The largest absolute Gasteiger partial charge is 0.368 e. The number of hydrogen-bond acceptors (Lipinski definition) is 2. The number of benzene rings is 1. The zero-order valence-electron chi connectivity index (χ0n) is 18.5. The first kappa shape index (κ1) is 25.2. The van der Waals surface area contributed by atoms with Crippen molar-refractivity contribution in [1.29, 1.82) is 0 Å². The van der Waals surface area contributed by atoms with Crippen molar-refractivity contribution in [3.8, 4) is 0 Å². The average molecular weight is 403 g/mol. The maximum absolute atomic E-state index is 12.1. The summed E-state index contributed by atoms with van der Waals surface area (Å²) in [5, 5.41) is 2.79. The topological polar surface area (TPSA) is 72.2 Å². The van der Waals surface area contributed by atoms with E-state index in [-0.39, 0.29) is 5.91 Å². The molecule has 0 aliphatic heterocycles. The van der Waals surface area contributed by atoms with Gasteiger partial charge in [-0.2, -0.15) is 0 Å². The van der Waals surface area contributed by atoms with Gasteiger partial charge in [0.05, 0.1) is 0 Å². The Balaban J connectivity index is 2.00. The highest BCUT2D eigenvalue weighted by Crippen LogP contribution is 2.13. The highest BCUT2D eigenvalue weighted by atomic mass is 16.2. The number of nitrogens with one attached hydrogen (secondary N) is 1. The van der Waals surface area contributed by atoms with Crippen molar-refractivity contribution in [2.75, 3.05) is 0 Å². The van der Waals surface area contributed by atoms with E-state index >= 15 is 0 Å². The van der Waals surface area contributed by atoms with E-state index < -0.39 is 11.9 Å². The summed E-state index contributed by atoms with van der Waals surface area (Å²) < 4.78 is 0. The minimum atomic E-state index is -0.633. The lowest BCUT2D eigenvalue weighted by atomic mass is 10.0. The smallest absolute Gasteiger partial charge is 0.240 e. The van der Waals surface area contributed by atoms with Crippen LogP contribution in [0.2, 0.25) is 0 Å². The lowest BCUT2D eigenvalue weighted by Gasteiger charge is -2.15. The van der Waals surface area contributed by atoms with Crippen molar-refractivity contribution in [2.24, 2.45) is 5.73 Å². The first-order valence-corrected chi connectivity index (χ1v) is 11.8. The molecule has 0 unspecified atom stereocenters. The van der Waals surface area contributed by atoms with Crippen LogP contribution in [0.25, 0.3) is 0 Å². The van der Waals surface area contributed by atoms with Gasteiger partial charge in [0.25, 0.3) is 0 Å². The van der Waals surface area contributed by atoms with Gasteiger partial charge in [-0.1, -0.05) is 114 Å². The van der Waals surface area contributed by atoms with Crippen molar-refractivity contribution >= 4 is 11.8 Å². The average Bonchev–Trinajstić information content (AvgIpc) is 2.71. The summed E-state index contributed by atoms with van der Waals surface area (Å²) in [6.07, 6.45) is 17.6. The van der Waals surface area contributed by atoms with E-state index in [1.54, 1.807) is 0 Å². The van der Waals surface area contributed by atoms with Gasteiger partial charge < -0.3 is 11.1 Å². The number of nitrogens with two attached hydrogens (primary N) is 1. The van der Waals surface area contributed by atoms with E-state index in [0.29, 0.717) is 12.8 Å². The quantitative estimate of drug-likeness (QED) is 0.310. The van der Waals surface area contributed by atoms with Crippen LogP contribution in [0, 0.1) is 0 Å². The van der Waals surface area contributed by atoms with E-state index in [2.05, 4.69) is 12.2 Å². The Morgan fingerprint density at radius 2 is 1.28 bits per heavy atom. The zero-order valence-corrected chi connectivity index (χ0v) is 18.5. The Morgan fingerprint density at radius 1 is 0.793 bits per heavy atom. The van der Waals surface area contributed by atoms with E-state index in [1.807, 2.05) is 30.3 Å². The Kier molecular flexibility index (Phi) is 14.8. The summed E-state index contributed by atoms with van der Waals surface area (Å²) in [5.41, 5.74) is 6.45. The van der Waals surface area contributed by atoms with Gasteiger partial charge >= 0.3 is 0 Å². The summed E-state index contributed by atoms with van der Waals surface area (Å²) in [6.45, 7) is 2.26. The Labute approximate surface area is 178 Å². The molecule has 0 radical (unpaired) electrons. The summed E-state index contributed by atoms with van der Waals surface area (Å²) in [7, 11) is 0. The number of amides is 2. The fraction of sp³-hybridized carbons (Fsp3) is 0.680. The molecule has 4 heteroatoms. The monoisotopic (exact) mass is 402 g/mol. The molecule has 0 saturated heterocycles. The molecular weight excluding hydrogens is 360 g/mol. The standard InChI is InChI=1S/C25H42N2O2/c1-2-3-4-5-6-7-8-9-10-11-12-13-17-20-24(28)27-23(25(26)29)21-22-18-15-14-16-19-22/h14-16,18-19,23H,2-13,17,20-21H2,1H3,(H2,26,29)(H,27,28)/t23-/m0/s1. The molecular formula is C25H42N2O2. The number of unbranched alkanes of at least 4 members (excludes halogenated alkanes) is 12. The van der Waals surface area contributed by atoms with Crippen LogP contribution in [0.3, 0.4) is 0 Å². The number of rotatable bonds is 18. The Bertz CT molecular complexity index is 545. The number of carbonyl (C=O) groups excluding carboxylic acids is 2. The van der Waals surface area contributed by atoms with Crippen molar-refractivity contribution in [1.82, 2.24) is 5.32 Å². The fourth-order valence-electron chi connectivity index (χ4n) is 3.64. The first-order chi connectivity index (χ1) is 14.1. The highest BCUT2D eigenvalue weighted by molar-refractivity contribution is 5.86. The molecule has 0 aliphatic carbocycles. The normalized spacial score (nSPS) is 11.9. The van der Waals surface area contributed by atoms with Crippen molar-refractivity contribution in [3.05, 3.63) is 35.9 Å². The van der Waals surface area contributed by atoms with Gasteiger partial charge in [-0.15, -0.1) is 0 Å². The zero-order chi connectivity index (χ0) is 21.2. The SMILES string of the molecule is CCCCCCCCCCCCCCCC(=O)N[C@@H](Cc1ccccc1)C(N)=O. The van der Waals surface area contributed by atoms with Crippen LogP contribution in [-0.4, -0.2) is 17.9 Å². The second-order valence-corrected chi connectivity index (χ2v) is 8.20. The van der Waals surface area contributed by atoms with Crippen molar-refractivity contribution in [2.45, 2.75) is 109 Å². The van der Waals surface area contributed by atoms with Crippen LogP contribution in [0.4, 0.5) is 0 Å². The number of carbonyl (C=O) groups is 2. The molecule has 0 saturated carbocycles. The molecule has 0 bridgehead atoms. The third-order valence-corrected chi connectivity index (χ3v) is 5.47. The third-order valence-electron chi connectivity index (χ3n) is 5.47. The second-order valence-electron chi connectivity index (χ2n) is 8.20. The Morgan fingerprint density at radius 3 is 1.76 bits per heavy atom. The molecule has 29 heavy (non-hydrogen) atoms. The van der Waals surface area contributed by atoms with E-state index in [0.717, 1.165) is 18.4 Å². The van der Waals surface area contributed by atoms with Gasteiger partial charge in [0, 0.05) is 12.8 Å². The second kappa shape index (κ2) is 17.1. The fourth-order valence-corrected chi connectivity index (χ4v) is 3.64. The summed E-state index contributed by atoms with van der Waals surface area (Å²) in [6, 6.07) is 9.01. The highest BCUT2D eigenvalue weighted by Gasteiger charge is 2.18. The van der Waals surface area contributed by atoms with Gasteiger partial charge in [-0.25, -0.2) is 0 Å². The van der Waals surface area contributed by atoms with Gasteiger partial charge in [0.15, 0.2) is 0 Å². The predicted molar refractivity (Wildman–Crippen MR) is 122 cm³/mol. The van der Waals surface area contributed by atoms with Gasteiger partial charge in [0.2, 0.25) is 11.8 Å². The molecule has 4 nitrogen and oxygen atoms in total. The minimum absolute atomic E-state index is 0.0761. The van der Waals surface area contributed by atoms with Gasteiger partial charge in [-0.3, -0.25) is 9.59 Å². The summed E-state index contributed by atoms with van der Waals surface area (Å²) in [5.74, 6) is -0.555. The molecule has 3 N–H and O–H groups in total. The van der Waals surface area contributed by atoms with Crippen LogP contribution in [-0.2, 0) is 16.0 Å². The van der Waals surface area contributed by atoms with Crippen LogP contribution in [0.5, 0.6) is 0 Å². The molecule has 164 valence electrons. The van der Waals surface area contributed by atoms with E-state index in [9.17, 15) is 9.59 Å². The van der Waals surface area contributed by atoms with Gasteiger partial charge in [0.1, 0.15) is 6.04 Å². The van der Waals surface area contributed by atoms with Crippen molar-refractivity contribution in [3.63, 3.8) is 0 Å². The number of primary amides is 1. The summed E-state index contributed by atoms with van der Waals surface area (Å²) in [4.78, 5) is 23.8. The van der Waals surface area contributed by atoms with Crippen molar-refractivity contribution < 1.29 is 9.59 Å². The summed E-state index contributed by atoms with van der Waals surface area (Å²) >= 11 is 0. The maximum Gasteiger partial charge on any atom is 0.240 e. The molecule has 0 spiro atoms. The van der Waals surface area contributed by atoms with E-state index in [4.69, 9.17) is 5.73 Å². The number of hydrogen-bond donors (Lipinski definition) is 2. The molecule has 2 amide bonds. The van der Waals surface area contributed by atoms with Gasteiger partial charge in [-0.05, 0) is 12.0 Å². The van der Waals surface area contributed by atoms with Crippen LogP contribution < -0.4 is 11.1 Å². The third kappa shape index (κ3) is 13.9. The molecule has 1 rings (SSSR count). The lowest BCUT2D eigenvalue weighted by molar-refractivity contribution is -0.127. The van der Waals surface area contributed by atoms with Crippen LogP contribution in [0.15, 0.2) is 30.3 Å². The molecule has 1 atom stereocenters. The minimum Gasteiger partial charge on any atom is -0.368 e. The predicted octanol–water partition coefficient (Wildman–Crippen LogP) is 5.68. The van der Waals surface area contributed by atoms with Crippen LogP contribution in [0.1, 0.15) is 102 Å². The van der Waals surface area contributed by atoms with Crippen LogP contribution >= 0.6 is 0 Å². The van der Waals surface area contributed by atoms with E-state index in [1.165, 1.54) is 70.6 Å². The molecule has 0 aliphatic rings. The molecule has 0 fully saturated rings. The molecule has 1 aromatic rings. The lowest BCUT2D eigenvalue weighted by Crippen LogP contribution is -2.45. The first-order valence-electron chi connectivity index (χ1n) is 11.8. The molecule has 1 aromatic carbocycles. The maximum atomic E-state index is 12.1.